The van der Waals surface area contributed by atoms with Crippen molar-refractivity contribution in [3.63, 3.8) is 0 Å². The van der Waals surface area contributed by atoms with Crippen molar-refractivity contribution in [3.05, 3.63) is 65.2 Å². The molecule has 0 aliphatic carbocycles. The summed E-state index contributed by atoms with van der Waals surface area (Å²) in [6.45, 7) is 12.1. The summed E-state index contributed by atoms with van der Waals surface area (Å²) in [5.74, 6) is 2.41. The number of nitrogens with zero attached hydrogens (tertiary/aromatic N) is 7. The molecule has 1 aromatic carbocycles. The number of aryl methyl sites for hydroxylation is 1. The van der Waals surface area contributed by atoms with Crippen LogP contribution in [-0.2, 0) is 13.1 Å². The van der Waals surface area contributed by atoms with Gasteiger partial charge in [-0.3, -0.25) is 9.58 Å². The van der Waals surface area contributed by atoms with E-state index in [0.717, 1.165) is 82.5 Å². The number of rotatable bonds is 7. The first kappa shape index (κ1) is 26.4. The van der Waals surface area contributed by atoms with Crippen molar-refractivity contribution in [2.45, 2.75) is 39.8 Å². The molecule has 1 N–H and O–H groups in total. The van der Waals surface area contributed by atoms with Crippen LogP contribution in [0, 0.1) is 19.8 Å². The van der Waals surface area contributed by atoms with Gasteiger partial charge in [0.1, 0.15) is 0 Å². The summed E-state index contributed by atoms with van der Waals surface area (Å²) in [7, 11) is 0. The molecule has 0 unspecified atom stereocenters. The van der Waals surface area contributed by atoms with E-state index in [-0.39, 0.29) is 19.0 Å². The Morgan fingerprint density at radius 2 is 1.44 bits per heavy atom. The highest BCUT2D eigenvalue weighted by molar-refractivity contribution is 5.85. The third kappa shape index (κ3) is 5.82. The van der Waals surface area contributed by atoms with E-state index in [1.807, 2.05) is 0 Å². The number of piperazine rings is 1. The molecule has 2 aliphatic heterocycles. The number of anilines is 2. The first-order valence-electron chi connectivity index (χ1n) is 12.8. The number of halogens is 1. The van der Waals surface area contributed by atoms with Crippen molar-refractivity contribution in [3.8, 4) is 0 Å². The van der Waals surface area contributed by atoms with Crippen LogP contribution in [0.4, 0.5) is 11.6 Å². The summed E-state index contributed by atoms with van der Waals surface area (Å²) >= 11 is 0. The zero-order valence-electron chi connectivity index (χ0n) is 21.4. The normalized spacial score (nSPS) is 17.3. The number of hydrogen-bond acceptors (Lipinski definition) is 7. The Labute approximate surface area is 220 Å². The zero-order valence-corrected chi connectivity index (χ0v) is 22.2. The third-order valence-electron chi connectivity index (χ3n) is 7.59. The highest BCUT2D eigenvalue weighted by Gasteiger charge is 2.27. The molecule has 36 heavy (non-hydrogen) atoms. The van der Waals surface area contributed by atoms with Gasteiger partial charge >= 0.3 is 0 Å². The van der Waals surface area contributed by atoms with Crippen LogP contribution in [0.15, 0.2) is 42.7 Å². The lowest BCUT2D eigenvalue weighted by Gasteiger charge is -2.38. The molecule has 2 aromatic heterocycles. The molecule has 3 aromatic rings. The molecule has 8 nitrogen and oxygen atoms in total. The van der Waals surface area contributed by atoms with Crippen molar-refractivity contribution in [1.82, 2.24) is 24.6 Å². The molecule has 0 saturated carbocycles. The van der Waals surface area contributed by atoms with Crippen LogP contribution in [0.5, 0.6) is 0 Å². The summed E-state index contributed by atoms with van der Waals surface area (Å²) in [6, 6.07) is 10.5. The molecule has 2 aliphatic rings. The Bertz CT molecular complexity index is 1110. The molecule has 2 fully saturated rings. The van der Waals surface area contributed by atoms with Crippen LogP contribution >= 0.6 is 12.4 Å². The molecule has 0 amide bonds. The summed E-state index contributed by atoms with van der Waals surface area (Å²) in [4.78, 5) is 16.7. The first-order chi connectivity index (χ1) is 17.1. The minimum atomic E-state index is 0. The van der Waals surface area contributed by atoms with Crippen LogP contribution in [0.3, 0.4) is 0 Å². The van der Waals surface area contributed by atoms with Gasteiger partial charge in [0, 0.05) is 76.1 Å². The topological polar surface area (TPSA) is 73.6 Å². The van der Waals surface area contributed by atoms with Crippen molar-refractivity contribution in [1.29, 1.82) is 0 Å². The summed E-state index contributed by atoms with van der Waals surface area (Å²) in [6.07, 6.45) is 5.62. The average Bonchev–Trinajstić information content (AvgIpc) is 3.17. The molecule has 5 rings (SSSR count). The summed E-state index contributed by atoms with van der Waals surface area (Å²) < 4.78 is 2.14. The highest BCUT2D eigenvalue weighted by Crippen LogP contribution is 2.29. The Morgan fingerprint density at radius 1 is 0.833 bits per heavy atom. The van der Waals surface area contributed by atoms with Gasteiger partial charge in [-0.1, -0.05) is 30.3 Å². The number of piperidine rings is 1. The van der Waals surface area contributed by atoms with Crippen molar-refractivity contribution >= 4 is 24.0 Å². The van der Waals surface area contributed by atoms with Crippen LogP contribution in [-0.4, -0.2) is 75.6 Å². The zero-order chi connectivity index (χ0) is 24.2. The van der Waals surface area contributed by atoms with E-state index < -0.39 is 0 Å². The van der Waals surface area contributed by atoms with Gasteiger partial charge in [-0.2, -0.15) is 5.10 Å². The average molecular weight is 512 g/mol. The Morgan fingerprint density at radius 3 is 2.06 bits per heavy atom. The summed E-state index contributed by atoms with van der Waals surface area (Å²) in [5.41, 5.74) is 5.01. The lowest BCUT2D eigenvalue weighted by molar-refractivity contribution is 0.202. The van der Waals surface area contributed by atoms with Crippen molar-refractivity contribution < 1.29 is 5.11 Å². The molecule has 0 spiro atoms. The van der Waals surface area contributed by atoms with E-state index in [2.05, 4.69) is 63.6 Å². The maximum absolute atomic E-state index is 9.47. The predicted molar refractivity (Wildman–Crippen MR) is 146 cm³/mol. The number of aliphatic hydroxyl groups excluding tert-OH is 1. The van der Waals surface area contributed by atoms with E-state index in [1.165, 1.54) is 16.8 Å². The van der Waals surface area contributed by atoms with Crippen molar-refractivity contribution in [2.75, 3.05) is 55.7 Å². The van der Waals surface area contributed by atoms with Crippen LogP contribution in [0.1, 0.15) is 35.4 Å². The number of aromatic nitrogens is 4. The second-order valence-electron chi connectivity index (χ2n) is 9.87. The third-order valence-corrected chi connectivity index (χ3v) is 7.59. The van der Waals surface area contributed by atoms with Gasteiger partial charge in [0.2, 0.25) is 0 Å². The fraction of sp³-hybridized carbons (Fsp3) is 0.519. The minimum absolute atomic E-state index is 0. The van der Waals surface area contributed by atoms with Gasteiger partial charge in [-0.15, -0.1) is 12.4 Å². The molecule has 0 radical (unpaired) electrons. The monoisotopic (exact) mass is 511 g/mol. The van der Waals surface area contributed by atoms with Gasteiger partial charge in [0.15, 0.2) is 11.6 Å². The smallest absolute Gasteiger partial charge is 0.172 e. The lowest BCUT2D eigenvalue weighted by atomic mass is 9.98. The first-order valence-corrected chi connectivity index (χ1v) is 12.8. The van der Waals surface area contributed by atoms with E-state index in [4.69, 9.17) is 15.1 Å². The molecule has 0 bridgehead atoms. The Balaban J connectivity index is 0.00000304. The van der Waals surface area contributed by atoms with E-state index in [0.29, 0.717) is 5.92 Å². The quantitative estimate of drug-likeness (QED) is 0.521. The minimum Gasteiger partial charge on any atom is -0.396 e. The molecule has 2 saturated heterocycles. The SMILES string of the molecule is Cc1nn(Cc2ccccc2)c(C)c1CN1CCN(c2nccnc2N2CCC(CO)CC2)CC1.Cl. The van der Waals surface area contributed by atoms with Crippen LogP contribution in [0.25, 0.3) is 0 Å². The van der Waals surface area contributed by atoms with Gasteiger partial charge in [-0.05, 0) is 38.2 Å². The van der Waals surface area contributed by atoms with Gasteiger partial charge in [0.25, 0.3) is 0 Å². The van der Waals surface area contributed by atoms with Crippen LogP contribution in [0.2, 0.25) is 0 Å². The van der Waals surface area contributed by atoms with Gasteiger partial charge < -0.3 is 14.9 Å². The van der Waals surface area contributed by atoms with Crippen molar-refractivity contribution in [2.24, 2.45) is 5.92 Å². The van der Waals surface area contributed by atoms with E-state index in [1.54, 1.807) is 12.4 Å². The van der Waals surface area contributed by atoms with Crippen LogP contribution < -0.4 is 9.80 Å². The fourth-order valence-corrected chi connectivity index (χ4v) is 5.31. The molecule has 9 heteroatoms. The second-order valence-corrected chi connectivity index (χ2v) is 9.87. The molecular weight excluding hydrogens is 474 g/mol. The van der Waals surface area contributed by atoms with Gasteiger partial charge in [-0.25, -0.2) is 9.97 Å². The number of benzene rings is 1. The maximum atomic E-state index is 9.47. The Kier molecular flexibility index (Phi) is 8.82. The maximum Gasteiger partial charge on any atom is 0.172 e. The standard InChI is InChI=1S/C27H37N7O.ClH/c1-21-25(22(2)34(30-21)18-23-6-4-3-5-7-23)19-31-14-16-33(17-15-31)27-26(28-10-11-29-27)32-12-8-24(20-35)9-13-32;/h3-7,10-11,24,35H,8-9,12-20H2,1-2H3;1H. The number of aliphatic hydroxyl groups is 1. The number of hydrogen-bond donors (Lipinski definition) is 1. The molecular formula is C27H38ClN7O. The second kappa shape index (κ2) is 12.0. The molecule has 0 atom stereocenters. The largest absolute Gasteiger partial charge is 0.396 e. The van der Waals surface area contributed by atoms with E-state index >= 15 is 0 Å². The summed E-state index contributed by atoms with van der Waals surface area (Å²) in [5, 5.41) is 14.3. The Hall–Kier alpha value is -2.68. The molecule has 194 valence electrons. The molecule has 4 heterocycles. The predicted octanol–water partition coefficient (Wildman–Crippen LogP) is 3.29. The highest BCUT2D eigenvalue weighted by atomic mass is 35.5. The van der Waals surface area contributed by atoms with E-state index in [9.17, 15) is 5.11 Å². The fourth-order valence-electron chi connectivity index (χ4n) is 5.31. The van der Waals surface area contributed by atoms with Gasteiger partial charge in [0.05, 0.1) is 12.2 Å². The lowest BCUT2D eigenvalue weighted by Crippen LogP contribution is -2.47.